The third-order valence-electron chi connectivity index (χ3n) is 4.29. The monoisotopic (exact) mass is 265 g/mol. The van der Waals surface area contributed by atoms with Gasteiger partial charge in [0.05, 0.1) is 6.61 Å². The maximum atomic E-state index is 9.77. The molecule has 0 bridgehead atoms. The van der Waals surface area contributed by atoms with Gasteiger partial charge in [-0.15, -0.1) is 0 Å². The fraction of sp³-hybridized carbons (Fsp3) is 0.800. The van der Waals surface area contributed by atoms with E-state index >= 15 is 0 Å². The van der Waals surface area contributed by atoms with E-state index in [4.69, 9.17) is 0 Å². The molecule has 0 aliphatic heterocycles. The Hall–Kier alpha value is -0.870. The summed E-state index contributed by atoms with van der Waals surface area (Å²) in [5, 5.41) is 13.3. The summed E-state index contributed by atoms with van der Waals surface area (Å²) in [5.41, 5.74) is -0.0918. The van der Waals surface area contributed by atoms with Crippen LogP contribution in [0.4, 0.5) is 0 Å². The highest BCUT2D eigenvalue weighted by atomic mass is 16.3. The lowest BCUT2D eigenvalue weighted by atomic mass is 9.79. The number of aliphatic hydroxyl groups is 1. The third-order valence-corrected chi connectivity index (χ3v) is 4.29. The summed E-state index contributed by atoms with van der Waals surface area (Å²) >= 11 is 0. The van der Waals surface area contributed by atoms with Crippen molar-refractivity contribution in [3.8, 4) is 0 Å². The molecule has 0 spiro atoms. The van der Waals surface area contributed by atoms with Gasteiger partial charge in [-0.05, 0) is 38.6 Å². The number of nitrogens with one attached hydrogen (secondary N) is 1. The molecule has 0 aromatic carbocycles. The van der Waals surface area contributed by atoms with Crippen molar-refractivity contribution in [1.29, 1.82) is 0 Å². The van der Waals surface area contributed by atoms with Gasteiger partial charge in [-0.3, -0.25) is 0 Å². The van der Waals surface area contributed by atoms with Crippen LogP contribution in [-0.2, 0) is 6.42 Å². The van der Waals surface area contributed by atoms with Gasteiger partial charge in [-0.1, -0.05) is 13.8 Å². The third kappa shape index (κ3) is 3.18. The highest BCUT2D eigenvalue weighted by molar-refractivity contribution is 5.01. The van der Waals surface area contributed by atoms with Crippen molar-refractivity contribution in [2.45, 2.75) is 64.0 Å². The van der Waals surface area contributed by atoms with Gasteiger partial charge in [0.15, 0.2) is 0 Å². The number of hydrogen-bond donors (Lipinski definition) is 2. The van der Waals surface area contributed by atoms with Crippen LogP contribution in [0.15, 0.2) is 12.4 Å². The number of aliphatic hydroxyl groups excluding tert-OH is 1. The summed E-state index contributed by atoms with van der Waals surface area (Å²) in [4.78, 5) is 4.48. The Morgan fingerprint density at radius 3 is 3.05 bits per heavy atom. The summed E-state index contributed by atoms with van der Waals surface area (Å²) in [5.74, 6) is 1.19. The van der Waals surface area contributed by atoms with Crippen LogP contribution in [-0.4, -0.2) is 33.3 Å². The molecule has 0 saturated heterocycles. The summed E-state index contributed by atoms with van der Waals surface area (Å²) in [6.45, 7) is 5.45. The highest BCUT2D eigenvalue weighted by Crippen LogP contribution is 2.36. The van der Waals surface area contributed by atoms with E-state index in [-0.39, 0.29) is 12.1 Å². The minimum absolute atomic E-state index is 0.0918. The van der Waals surface area contributed by atoms with E-state index in [1.54, 1.807) is 0 Å². The molecule has 1 aromatic rings. The van der Waals surface area contributed by atoms with E-state index < -0.39 is 0 Å². The first-order valence-electron chi connectivity index (χ1n) is 7.62. The number of hydrogen-bond acceptors (Lipinski definition) is 3. The van der Waals surface area contributed by atoms with Gasteiger partial charge in [0, 0.05) is 30.4 Å². The van der Waals surface area contributed by atoms with Gasteiger partial charge in [-0.2, -0.15) is 0 Å². The van der Waals surface area contributed by atoms with Crippen LogP contribution in [0.3, 0.4) is 0 Å². The number of aromatic nitrogens is 2. The standard InChI is InChI=1S/C15H27N3O/c1-3-6-14-16-9-10-18(14)13-7-5-8-15(11-13,12-19)17-4-2/h9-10,13,17,19H,3-8,11-12H2,1-2H3. The molecule has 1 heterocycles. The zero-order valence-electron chi connectivity index (χ0n) is 12.2. The molecular weight excluding hydrogens is 238 g/mol. The molecule has 1 aromatic heterocycles. The van der Waals surface area contributed by atoms with Crippen LogP contribution >= 0.6 is 0 Å². The van der Waals surface area contributed by atoms with Crippen molar-refractivity contribution in [2.75, 3.05) is 13.2 Å². The quantitative estimate of drug-likeness (QED) is 0.829. The van der Waals surface area contributed by atoms with Crippen LogP contribution in [0.1, 0.15) is 57.8 Å². The molecule has 2 atom stereocenters. The predicted octanol–water partition coefficient (Wildman–Crippen LogP) is 2.29. The lowest BCUT2D eigenvalue weighted by Crippen LogP contribution is -2.51. The molecule has 0 amide bonds. The lowest BCUT2D eigenvalue weighted by molar-refractivity contribution is 0.0986. The Balaban J connectivity index is 2.13. The van der Waals surface area contributed by atoms with Crippen molar-refractivity contribution in [3.63, 3.8) is 0 Å². The Morgan fingerprint density at radius 2 is 2.37 bits per heavy atom. The van der Waals surface area contributed by atoms with E-state index in [9.17, 15) is 5.11 Å². The second-order valence-corrected chi connectivity index (χ2v) is 5.72. The van der Waals surface area contributed by atoms with Gasteiger partial charge >= 0.3 is 0 Å². The molecule has 2 unspecified atom stereocenters. The maximum Gasteiger partial charge on any atom is 0.108 e. The zero-order valence-corrected chi connectivity index (χ0v) is 12.2. The average Bonchev–Trinajstić information content (AvgIpc) is 2.88. The zero-order chi connectivity index (χ0) is 13.7. The molecule has 0 radical (unpaired) electrons. The van der Waals surface area contributed by atoms with Gasteiger partial charge in [0.2, 0.25) is 0 Å². The fourth-order valence-corrected chi connectivity index (χ4v) is 3.40. The number of nitrogens with zero attached hydrogens (tertiary/aromatic N) is 2. The molecule has 2 N–H and O–H groups in total. The summed E-state index contributed by atoms with van der Waals surface area (Å²) in [6.07, 6.45) is 10.6. The smallest absolute Gasteiger partial charge is 0.108 e. The lowest BCUT2D eigenvalue weighted by Gasteiger charge is -2.41. The Kier molecular flexibility index (Phi) is 4.99. The van der Waals surface area contributed by atoms with Gasteiger partial charge in [0.1, 0.15) is 5.82 Å². The second kappa shape index (κ2) is 6.53. The van der Waals surface area contributed by atoms with Crippen LogP contribution in [0.2, 0.25) is 0 Å². The van der Waals surface area contributed by atoms with Crippen LogP contribution in [0, 0.1) is 0 Å². The number of aryl methyl sites for hydroxylation is 1. The molecule has 1 aliphatic rings. The molecular formula is C15H27N3O. The van der Waals surface area contributed by atoms with E-state index in [1.807, 2.05) is 6.20 Å². The van der Waals surface area contributed by atoms with Gasteiger partial charge in [-0.25, -0.2) is 4.98 Å². The van der Waals surface area contributed by atoms with Crippen molar-refractivity contribution in [1.82, 2.24) is 14.9 Å². The number of likely N-dealkylation sites (N-methyl/N-ethyl adjacent to an activating group) is 1. The van der Waals surface area contributed by atoms with Crippen molar-refractivity contribution < 1.29 is 5.11 Å². The van der Waals surface area contributed by atoms with E-state index in [0.29, 0.717) is 6.04 Å². The molecule has 19 heavy (non-hydrogen) atoms. The SMILES string of the molecule is CCCc1nccn1C1CCCC(CO)(NCC)C1. The second-order valence-electron chi connectivity index (χ2n) is 5.72. The Labute approximate surface area is 116 Å². The Bertz CT molecular complexity index is 386. The summed E-state index contributed by atoms with van der Waals surface area (Å²) in [6, 6.07) is 0.476. The largest absolute Gasteiger partial charge is 0.394 e. The minimum Gasteiger partial charge on any atom is -0.394 e. The van der Waals surface area contributed by atoms with Crippen LogP contribution < -0.4 is 5.32 Å². The molecule has 4 heteroatoms. The fourth-order valence-electron chi connectivity index (χ4n) is 3.40. The molecule has 2 rings (SSSR count). The molecule has 1 saturated carbocycles. The highest BCUT2D eigenvalue weighted by Gasteiger charge is 2.36. The summed E-state index contributed by atoms with van der Waals surface area (Å²) < 4.78 is 2.34. The Morgan fingerprint density at radius 1 is 1.53 bits per heavy atom. The van der Waals surface area contributed by atoms with E-state index in [2.05, 4.69) is 34.9 Å². The van der Waals surface area contributed by atoms with Crippen molar-refractivity contribution in [2.24, 2.45) is 0 Å². The number of rotatable bonds is 6. The van der Waals surface area contributed by atoms with E-state index in [0.717, 1.165) is 32.2 Å². The van der Waals surface area contributed by atoms with Gasteiger partial charge < -0.3 is 15.0 Å². The maximum absolute atomic E-state index is 9.77. The topological polar surface area (TPSA) is 50.1 Å². The molecule has 1 aliphatic carbocycles. The normalized spacial score (nSPS) is 27.6. The van der Waals surface area contributed by atoms with Crippen LogP contribution in [0.25, 0.3) is 0 Å². The predicted molar refractivity (Wildman–Crippen MR) is 77.2 cm³/mol. The first kappa shape index (κ1) is 14.5. The van der Waals surface area contributed by atoms with E-state index in [1.165, 1.54) is 18.7 Å². The summed E-state index contributed by atoms with van der Waals surface area (Å²) in [7, 11) is 0. The van der Waals surface area contributed by atoms with Crippen molar-refractivity contribution >= 4 is 0 Å². The first-order chi connectivity index (χ1) is 9.24. The minimum atomic E-state index is -0.0918. The molecule has 108 valence electrons. The first-order valence-corrected chi connectivity index (χ1v) is 7.62. The molecule has 1 fully saturated rings. The van der Waals surface area contributed by atoms with Crippen LogP contribution in [0.5, 0.6) is 0 Å². The van der Waals surface area contributed by atoms with Crippen molar-refractivity contribution in [3.05, 3.63) is 18.2 Å². The molecule has 4 nitrogen and oxygen atoms in total. The van der Waals surface area contributed by atoms with Gasteiger partial charge in [0.25, 0.3) is 0 Å². The average molecular weight is 265 g/mol. The number of imidazole rings is 1.